The number of benzene rings is 3. The van der Waals surface area contributed by atoms with Crippen LogP contribution < -0.4 is 0 Å². The van der Waals surface area contributed by atoms with Crippen LogP contribution in [0, 0.1) is 18.3 Å². The SMILES string of the molecule is C#Cc1cccc(C(=O)C2CC3CCC(C2)N3C(=O)OCC2c3ccccc3-c3ccccc32)c1. The van der Waals surface area contributed by atoms with E-state index in [2.05, 4.69) is 42.3 Å². The van der Waals surface area contributed by atoms with Gasteiger partial charge >= 0.3 is 6.09 Å². The molecule has 4 nitrogen and oxygen atoms in total. The van der Waals surface area contributed by atoms with Crippen LogP contribution in [0.4, 0.5) is 4.79 Å². The van der Waals surface area contributed by atoms with Crippen molar-refractivity contribution >= 4 is 11.9 Å². The number of hydrogen-bond donors (Lipinski definition) is 0. The van der Waals surface area contributed by atoms with Gasteiger partial charge in [-0.3, -0.25) is 4.79 Å². The van der Waals surface area contributed by atoms with Crippen LogP contribution in [0.5, 0.6) is 0 Å². The van der Waals surface area contributed by atoms with Crippen molar-refractivity contribution in [2.24, 2.45) is 5.92 Å². The highest BCUT2D eigenvalue weighted by molar-refractivity contribution is 5.98. The number of carbonyl (C=O) groups is 2. The number of rotatable bonds is 4. The van der Waals surface area contributed by atoms with E-state index < -0.39 is 0 Å². The first-order chi connectivity index (χ1) is 17.1. The zero-order valence-corrected chi connectivity index (χ0v) is 19.5. The molecule has 3 aromatic rings. The number of piperidine rings is 1. The zero-order chi connectivity index (χ0) is 23.9. The molecule has 6 rings (SSSR count). The van der Waals surface area contributed by atoms with Gasteiger partial charge in [0, 0.05) is 35.0 Å². The number of terminal acetylenes is 1. The fourth-order valence-electron chi connectivity index (χ4n) is 6.36. The molecule has 2 heterocycles. The third-order valence-corrected chi connectivity index (χ3v) is 7.96. The third-order valence-electron chi connectivity index (χ3n) is 7.96. The molecule has 2 unspecified atom stereocenters. The number of amides is 1. The number of ether oxygens (including phenoxy) is 1. The molecule has 1 amide bonds. The minimum atomic E-state index is -0.250. The summed E-state index contributed by atoms with van der Waals surface area (Å²) in [4.78, 5) is 28.4. The molecule has 2 saturated heterocycles. The minimum absolute atomic E-state index is 0.0477. The predicted molar refractivity (Wildman–Crippen MR) is 135 cm³/mol. The molecule has 0 spiro atoms. The Morgan fingerprint density at radius 3 is 2.14 bits per heavy atom. The lowest BCUT2D eigenvalue weighted by Crippen LogP contribution is -2.48. The summed E-state index contributed by atoms with van der Waals surface area (Å²) in [5, 5.41) is 0. The molecular weight excluding hydrogens is 434 g/mol. The van der Waals surface area contributed by atoms with Crippen LogP contribution in [0.2, 0.25) is 0 Å². The molecule has 2 fully saturated rings. The highest BCUT2D eigenvalue weighted by Gasteiger charge is 2.46. The number of Topliss-reactive ketones (excluding diaryl/α,β-unsaturated/α-hetero) is 1. The molecule has 0 aromatic heterocycles. The second kappa shape index (κ2) is 8.74. The summed E-state index contributed by atoms with van der Waals surface area (Å²) in [5.41, 5.74) is 6.25. The monoisotopic (exact) mass is 461 g/mol. The van der Waals surface area contributed by atoms with Crippen LogP contribution in [0.3, 0.4) is 0 Å². The van der Waals surface area contributed by atoms with Crippen molar-refractivity contribution in [1.29, 1.82) is 0 Å². The maximum Gasteiger partial charge on any atom is 0.410 e. The van der Waals surface area contributed by atoms with E-state index >= 15 is 0 Å². The summed E-state index contributed by atoms with van der Waals surface area (Å²) in [5.74, 6) is 2.70. The van der Waals surface area contributed by atoms with Gasteiger partial charge in [-0.05, 0) is 60.1 Å². The Kier molecular flexibility index (Phi) is 5.41. The van der Waals surface area contributed by atoms with Crippen molar-refractivity contribution in [3.05, 3.63) is 95.1 Å². The lowest BCUT2D eigenvalue weighted by atomic mass is 9.84. The van der Waals surface area contributed by atoms with Crippen LogP contribution in [-0.2, 0) is 4.74 Å². The molecule has 3 aliphatic rings. The van der Waals surface area contributed by atoms with Crippen LogP contribution in [-0.4, -0.2) is 35.5 Å². The number of ketones is 1. The Morgan fingerprint density at radius 2 is 1.51 bits per heavy atom. The predicted octanol–water partition coefficient (Wildman–Crippen LogP) is 6.04. The summed E-state index contributed by atoms with van der Waals surface area (Å²) in [6.07, 6.45) is 8.46. The smallest absolute Gasteiger partial charge is 0.410 e. The fraction of sp³-hybridized carbons (Fsp3) is 0.290. The van der Waals surface area contributed by atoms with E-state index in [1.165, 1.54) is 22.3 Å². The Hall–Kier alpha value is -3.84. The Bertz CT molecular complexity index is 1290. The second-order valence-corrected chi connectivity index (χ2v) is 9.85. The third kappa shape index (κ3) is 3.72. The molecule has 3 aromatic carbocycles. The van der Waals surface area contributed by atoms with Crippen molar-refractivity contribution < 1.29 is 14.3 Å². The van der Waals surface area contributed by atoms with Crippen molar-refractivity contribution in [1.82, 2.24) is 4.90 Å². The van der Waals surface area contributed by atoms with Crippen LogP contribution in [0.25, 0.3) is 11.1 Å². The molecule has 2 atom stereocenters. The summed E-state index contributed by atoms with van der Waals surface area (Å²) in [6.45, 7) is 0.323. The Balaban J connectivity index is 1.14. The van der Waals surface area contributed by atoms with E-state index in [-0.39, 0.29) is 35.8 Å². The normalized spacial score (nSPS) is 22.3. The lowest BCUT2D eigenvalue weighted by molar-refractivity contribution is 0.0506. The molecule has 0 saturated carbocycles. The standard InChI is InChI=1S/C31H27NO3/c1-2-20-8-7-9-21(16-20)30(33)22-17-23-14-15-24(18-22)32(23)31(34)35-19-29-27-12-5-3-10-25(27)26-11-4-6-13-28(26)29/h1,3-13,16,22-24,29H,14-15,17-19H2. The summed E-state index contributed by atoms with van der Waals surface area (Å²) < 4.78 is 5.95. The topological polar surface area (TPSA) is 46.6 Å². The number of fused-ring (bicyclic) bond motifs is 5. The molecule has 0 N–H and O–H groups in total. The van der Waals surface area contributed by atoms with Gasteiger partial charge in [-0.15, -0.1) is 6.42 Å². The Labute approximate surface area is 205 Å². The van der Waals surface area contributed by atoms with Crippen LogP contribution >= 0.6 is 0 Å². The molecule has 174 valence electrons. The number of hydrogen-bond acceptors (Lipinski definition) is 3. The van der Waals surface area contributed by atoms with Gasteiger partial charge in [-0.1, -0.05) is 66.6 Å². The van der Waals surface area contributed by atoms with Gasteiger partial charge in [0.25, 0.3) is 0 Å². The van der Waals surface area contributed by atoms with Crippen molar-refractivity contribution in [3.63, 3.8) is 0 Å². The first-order valence-electron chi connectivity index (χ1n) is 12.4. The van der Waals surface area contributed by atoms with Gasteiger partial charge in [0.1, 0.15) is 6.61 Å². The molecule has 0 radical (unpaired) electrons. The second-order valence-electron chi connectivity index (χ2n) is 9.85. The van der Waals surface area contributed by atoms with E-state index in [9.17, 15) is 9.59 Å². The van der Waals surface area contributed by atoms with Crippen molar-refractivity contribution in [3.8, 4) is 23.5 Å². The molecule has 2 bridgehead atoms. The lowest BCUT2D eigenvalue weighted by Gasteiger charge is -2.37. The van der Waals surface area contributed by atoms with E-state index in [1.807, 2.05) is 35.2 Å². The van der Waals surface area contributed by atoms with Gasteiger partial charge in [0.15, 0.2) is 5.78 Å². The molecule has 4 heteroatoms. The summed E-state index contributed by atoms with van der Waals surface area (Å²) >= 11 is 0. The van der Waals surface area contributed by atoms with Crippen LogP contribution in [0.15, 0.2) is 72.8 Å². The maximum absolute atomic E-state index is 13.3. The van der Waals surface area contributed by atoms with E-state index in [0.717, 1.165) is 18.4 Å². The van der Waals surface area contributed by atoms with Gasteiger partial charge in [-0.2, -0.15) is 0 Å². The van der Waals surface area contributed by atoms with Gasteiger partial charge in [0.05, 0.1) is 0 Å². The average Bonchev–Trinajstić information content (AvgIpc) is 3.37. The summed E-state index contributed by atoms with van der Waals surface area (Å²) in [6, 6.07) is 24.1. The first-order valence-corrected chi connectivity index (χ1v) is 12.4. The Morgan fingerprint density at radius 1 is 0.886 bits per heavy atom. The molecule has 35 heavy (non-hydrogen) atoms. The molecular formula is C31H27NO3. The average molecular weight is 462 g/mol. The number of carbonyl (C=O) groups excluding carboxylic acids is 2. The van der Waals surface area contributed by atoms with Gasteiger partial charge in [0.2, 0.25) is 0 Å². The van der Waals surface area contributed by atoms with Crippen LogP contribution in [0.1, 0.15) is 58.6 Å². The zero-order valence-electron chi connectivity index (χ0n) is 19.5. The molecule has 1 aliphatic carbocycles. The fourth-order valence-corrected chi connectivity index (χ4v) is 6.36. The maximum atomic E-state index is 13.3. The summed E-state index contributed by atoms with van der Waals surface area (Å²) in [7, 11) is 0. The van der Waals surface area contributed by atoms with E-state index in [0.29, 0.717) is 25.0 Å². The van der Waals surface area contributed by atoms with E-state index in [1.54, 1.807) is 6.07 Å². The van der Waals surface area contributed by atoms with E-state index in [4.69, 9.17) is 11.2 Å². The highest BCUT2D eigenvalue weighted by atomic mass is 16.6. The number of nitrogens with zero attached hydrogens (tertiary/aromatic N) is 1. The molecule has 2 aliphatic heterocycles. The van der Waals surface area contributed by atoms with Crippen molar-refractivity contribution in [2.45, 2.75) is 43.7 Å². The highest BCUT2D eigenvalue weighted by Crippen LogP contribution is 2.45. The minimum Gasteiger partial charge on any atom is -0.448 e. The largest absolute Gasteiger partial charge is 0.448 e. The van der Waals surface area contributed by atoms with Gasteiger partial charge in [-0.25, -0.2) is 4.79 Å². The van der Waals surface area contributed by atoms with Gasteiger partial charge < -0.3 is 9.64 Å². The first kappa shape index (κ1) is 21.7. The van der Waals surface area contributed by atoms with Crippen molar-refractivity contribution in [2.75, 3.05) is 6.61 Å². The quantitative estimate of drug-likeness (QED) is 0.351.